The fourth-order valence-electron chi connectivity index (χ4n) is 2.88. The average molecular weight is 262 g/mol. The summed E-state index contributed by atoms with van der Waals surface area (Å²) in [6.07, 6.45) is 3.20. The zero-order valence-electron chi connectivity index (χ0n) is 11.7. The van der Waals surface area contributed by atoms with E-state index in [0.717, 1.165) is 36.1 Å². The lowest BCUT2D eigenvalue weighted by Crippen LogP contribution is -2.48. The van der Waals surface area contributed by atoms with Crippen molar-refractivity contribution in [1.29, 1.82) is 0 Å². The summed E-state index contributed by atoms with van der Waals surface area (Å²) in [5.74, 6) is 1.72. The van der Waals surface area contributed by atoms with E-state index in [1.165, 1.54) is 12.8 Å². The lowest BCUT2D eigenvalue weighted by Gasteiger charge is -2.38. The minimum absolute atomic E-state index is 0.0717. The maximum atomic E-state index is 9.32. The number of aromatic nitrogens is 1. The van der Waals surface area contributed by atoms with Crippen LogP contribution in [-0.2, 0) is 11.3 Å². The molecule has 1 aliphatic heterocycles. The van der Waals surface area contributed by atoms with Crippen LogP contribution >= 0.6 is 0 Å². The van der Waals surface area contributed by atoms with Crippen LogP contribution in [0.15, 0.2) is 12.1 Å². The van der Waals surface area contributed by atoms with Crippen LogP contribution < -0.4 is 4.90 Å². The van der Waals surface area contributed by atoms with Gasteiger partial charge >= 0.3 is 0 Å². The Balaban J connectivity index is 1.81. The van der Waals surface area contributed by atoms with E-state index in [1.807, 2.05) is 19.1 Å². The van der Waals surface area contributed by atoms with E-state index in [-0.39, 0.29) is 12.7 Å². The van der Waals surface area contributed by atoms with Gasteiger partial charge in [0.1, 0.15) is 5.82 Å². The number of aryl methyl sites for hydroxylation is 1. The molecule has 0 aromatic carbocycles. The minimum atomic E-state index is 0.0717. The largest absolute Gasteiger partial charge is 0.392 e. The molecule has 19 heavy (non-hydrogen) atoms. The van der Waals surface area contributed by atoms with Gasteiger partial charge < -0.3 is 14.7 Å². The molecule has 2 aliphatic rings. The summed E-state index contributed by atoms with van der Waals surface area (Å²) in [6.45, 7) is 5.98. The Morgan fingerprint density at radius 2 is 2.16 bits per heavy atom. The summed E-state index contributed by atoms with van der Waals surface area (Å²) in [5, 5.41) is 9.32. The average Bonchev–Trinajstić information content (AvgIpc) is 3.21. The van der Waals surface area contributed by atoms with Crippen LogP contribution in [0, 0.1) is 12.8 Å². The predicted molar refractivity (Wildman–Crippen MR) is 74.2 cm³/mol. The number of rotatable bonds is 3. The highest BCUT2D eigenvalue weighted by Crippen LogP contribution is 2.37. The molecule has 3 rings (SSSR count). The normalized spacial score (nSPS) is 27.6. The molecule has 1 aromatic heterocycles. The monoisotopic (exact) mass is 262 g/mol. The zero-order chi connectivity index (χ0) is 13.4. The molecule has 0 radical (unpaired) electrons. The van der Waals surface area contributed by atoms with E-state index < -0.39 is 0 Å². The third-order valence-corrected chi connectivity index (χ3v) is 3.94. The molecule has 1 saturated heterocycles. The van der Waals surface area contributed by atoms with Crippen molar-refractivity contribution >= 4 is 5.82 Å². The molecule has 1 N–H and O–H groups in total. The van der Waals surface area contributed by atoms with E-state index in [4.69, 9.17) is 4.74 Å². The van der Waals surface area contributed by atoms with Gasteiger partial charge in [0.25, 0.3) is 0 Å². The molecule has 0 bridgehead atoms. The SMILES string of the molecule is Cc1cc(CO)cc(N2C[C@H](C)O[C@@H](C3CC3)C2)n1. The Hall–Kier alpha value is -1.13. The van der Waals surface area contributed by atoms with Crippen LogP contribution in [0.1, 0.15) is 31.0 Å². The van der Waals surface area contributed by atoms with E-state index >= 15 is 0 Å². The summed E-state index contributed by atoms with van der Waals surface area (Å²) < 4.78 is 6.03. The van der Waals surface area contributed by atoms with Crippen LogP contribution in [0.3, 0.4) is 0 Å². The number of anilines is 1. The minimum Gasteiger partial charge on any atom is -0.392 e. The van der Waals surface area contributed by atoms with Gasteiger partial charge in [0.2, 0.25) is 0 Å². The fourth-order valence-corrected chi connectivity index (χ4v) is 2.88. The lowest BCUT2D eigenvalue weighted by atomic mass is 10.1. The van der Waals surface area contributed by atoms with Gasteiger partial charge in [0.15, 0.2) is 0 Å². The first-order chi connectivity index (χ1) is 9.15. The van der Waals surface area contributed by atoms with Gasteiger partial charge in [-0.15, -0.1) is 0 Å². The lowest BCUT2D eigenvalue weighted by molar-refractivity contribution is -0.0273. The number of pyridine rings is 1. The van der Waals surface area contributed by atoms with Gasteiger partial charge in [-0.3, -0.25) is 0 Å². The van der Waals surface area contributed by atoms with Crippen molar-refractivity contribution in [1.82, 2.24) is 4.98 Å². The second-order valence-electron chi connectivity index (χ2n) is 5.86. The molecule has 1 aromatic rings. The van der Waals surface area contributed by atoms with E-state index in [0.29, 0.717) is 6.10 Å². The number of morpholine rings is 1. The molecule has 0 amide bonds. The van der Waals surface area contributed by atoms with E-state index in [2.05, 4.69) is 16.8 Å². The maximum absolute atomic E-state index is 9.32. The maximum Gasteiger partial charge on any atom is 0.129 e. The Labute approximate surface area is 114 Å². The molecule has 0 unspecified atom stereocenters. The Morgan fingerprint density at radius 1 is 1.37 bits per heavy atom. The van der Waals surface area contributed by atoms with Crippen LogP contribution in [-0.4, -0.2) is 35.4 Å². The smallest absolute Gasteiger partial charge is 0.129 e. The first-order valence-corrected chi connectivity index (χ1v) is 7.14. The number of aliphatic hydroxyl groups excluding tert-OH is 1. The summed E-state index contributed by atoms with van der Waals surface area (Å²) in [5.41, 5.74) is 1.90. The molecule has 0 spiro atoms. The number of hydrogen-bond donors (Lipinski definition) is 1. The number of hydrogen-bond acceptors (Lipinski definition) is 4. The van der Waals surface area contributed by atoms with Crippen molar-refractivity contribution in [3.8, 4) is 0 Å². The van der Waals surface area contributed by atoms with Crippen molar-refractivity contribution in [3.63, 3.8) is 0 Å². The number of nitrogens with zero attached hydrogens (tertiary/aromatic N) is 2. The molecule has 4 nitrogen and oxygen atoms in total. The van der Waals surface area contributed by atoms with Gasteiger partial charge in [-0.25, -0.2) is 4.98 Å². The van der Waals surface area contributed by atoms with Gasteiger partial charge in [-0.1, -0.05) is 0 Å². The Morgan fingerprint density at radius 3 is 2.84 bits per heavy atom. The van der Waals surface area contributed by atoms with E-state index in [1.54, 1.807) is 0 Å². The second kappa shape index (κ2) is 5.10. The van der Waals surface area contributed by atoms with Gasteiger partial charge in [-0.2, -0.15) is 0 Å². The first-order valence-electron chi connectivity index (χ1n) is 7.14. The molecule has 1 aliphatic carbocycles. The highest BCUT2D eigenvalue weighted by atomic mass is 16.5. The molecule has 2 heterocycles. The summed E-state index contributed by atoms with van der Waals surface area (Å²) in [6, 6.07) is 3.93. The number of aliphatic hydroxyl groups is 1. The van der Waals surface area contributed by atoms with Crippen LogP contribution in [0.2, 0.25) is 0 Å². The molecular weight excluding hydrogens is 240 g/mol. The van der Waals surface area contributed by atoms with Crippen LogP contribution in [0.4, 0.5) is 5.82 Å². The van der Waals surface area contributed by atoms with Gasteiger partial charge in [0, 0.05) is 18.8 Å². The first kappa shape index (κ1) is 12.9. The molecule has 4 heteroatoms. The molecule has 104 valence electrons. The molecule has 2 fully saturated rings. The highest BCUT2D eigenvalue weighted by molar-refractivity contribution is 5.43. The van der Waals surface area contributed by atoms with Gasteiger partial charge in [0.05, 0.1) is 18.8 Å². The quantitative estimate of drug-likeness (QED) is 0.903. The fraction of sp³-hybridized carbons (Fsp3) is 0.667. The Kier molecular flexibility index (Phi) is 3.46. The van der Waals surface area contributed by atoms with Crippen molar-refractivity contribution in [3.05, 3.63) is 23.4 Å². The third kappa shape index (κ3) is 2.90. The Bertz CT molecular complexity index is 459. The molecule has 2 atom stereocenters. The second-order valence-corrected chi connectivity index (χ2v) is 5.86. The van der Waals surface area contributed by atoms with Crippen molar-refractivity contribution in [2.75, 3.05) is 18.0 Å². The standard InChI is InChI=1S/C15H22N2O2/c1-10-5-12(9-18)6-15(16-10)17-7-11(2)19-14(8-17)13-3-4-13/h5-6,11,13-14,18H,3-4,7-9H2,1-2H3/t11-,14+/m0/s1. The molecule has 1 saturated carbocycles. The predicted octanol–water partition coefficient (Wildman–Crippen LogP) is 1.89. The summed E-state index contributed by atoms with van der Waals surface area (Å²) in [7, 11) is 0. The highest BCUT2D eigenvalue weighted by Gasteiger charge is 2.37. The summed E-state index contributed by atoms with van der Waals surface area (Å²) in [4.78, 5) is 6.92. The van der Waals surface area contributed by atoms with Crippen LogP contribution in [0.5, 0.6) is 0 Å². The zero-order valence-corrected chi connectivity index (χ0v) is 11.7. The van der Waals surface area contributed by atoms with Gasteiger partial charge in [-0.05, 0) is 50.3 Å². The number of ether oxygens (including phenoxy) is 1. The van der Waals surface area contributed by atoms with E-state index in [9.17, 15) is 5.11 Å². The topological polar surface area (TPSA) is 45.6 Å². The van der Waals surface area contributed by atoms with Crippen LogP contribution in [0.25, 0.3) is 0 Å². The van der Waals surface area contributed by atoms with Crippen molar-refractivity contribution < 1.29 is 9.84 Å². The van der Waals surface area contributed by atoms with Crippen molar-refractivity contribution in [2.24, 2.45) is 5.92 Å². The third-order valence-electron chi connectivity index (χ3n) is 3.94. The molecular formula is C15H22N2O2. The summed E-state index contributed by atoms with van der Waals surface area (Å²) >= 11 is 0. The van der Waals surface area contributed by atoms with Crippen molar-refractivity contribution in [2.45, 2.75) is 45.5 Å².